The van der Waals surface area contributed by atoms with Crippen molar-refractivity contribution in [2.45, 2.75) is 0 Å². The Morgan fingerprint density at radius 3 is 2.82 bits per heavy atom. The molecule has 0 unspecified atom stereocenters. The van der Waals surface area contributed by atoms with Crippen LogP contribution in [0.25, 0.3) is 11.1 Å². The lowest BCUT2D eigenvalue weighted by atomic mass is 10.1. The minimum atomic E-state index is 0.403. The second kappa shape index (κ2) is 4.14. The van der Waals surface area contributed by atoms with Gasteiger partial charge in [0.2, 0.25) is 5.88 Å². The van der Waals surface area contributed by atoms with E-state index in [1.54, 1.807) is 0 Å². The molecule has 0 atom stereocenters. The maximum absolute atomic E-state index is 5.41. The molecule has 1 aromatic heterocycles. The SMILES string of the molecule is S=C1COc2ncc(-c3ccccc3)cc2N1. The number of nitrogens with one attached hydrogen (secondary N) is 1. The Labute approximate surface area is 104 Å². The second-order valence-corrected chi connectivity index (χ2v) is 4.27. The maximum atomic E-state index is 5.41. The van der Waals surface area contributed by atoms with Gasteiger partial charge in [0.15, 0.2) is 0 Å². The van der Waals surface area contributed by atoms with E-state index < -0.39 is 0 Å². The molecule has 3 rings (SSSR count). The van der Waals surface area contributed by atoms with Crippen molar-refractivity contribution in [3.8, 4) is 17.0 Å². The smallest absolute Gasteiger partial charge is 0.238 e. The molecular formula is C13H10N2OS. The number of nitrogens with zero attached hydrogens (tertiary/aromatic N) is 1. The number of rotatable bonds is 1. The fraction of sp³-hybridized carbons (Fsp3) is 0.0769. The number of hydrogen-bond acceptors (Lipinski definition) is 3. The lowest BCUT2D eigenvalue weighted by Gasteiger charge is -2.19. The minimum Gasteiger partial charge on any atom is -0.469 e. The first-order valence-corrected chi connectivity index (χ1v) is 5.72. The molecule has 17 heavy (non-hydrogen) atoms. The van der Waals surface area contributed by atoms with Gasteiger partial charge in [-0.2, -0.15) is 0 Å². The third-order valence-corrected chi connectivity index (χ3v) is 2.79. The summed E-state index contributed by atoms with van der Waals surface area (Å²) in [5, 5.41) is 3.11. The molecule has 2 aromatic rings. The number of hydrogen-bond donors (Lipinski definition) is 1. The zero-order valence-electron chi connectivity index (χ0n) is 9.01. The highest BCUT2D eigenvalue weighted by Gasteiger charge is 2.15. The van der Waals surface area contributed by atoms with Crippen molar-refractivity contribution in [3.63, 3.8) is 0 Å². The number of thiocarbonyl (C=S) groups is 1. The number of benzene rings is 1. The first-order valence-electron chi connectivity index (χ1n) is 5.31. The van der Waals surface area contributed by atoms with E-state index in [4.69, 9.17) is 17.0 Å². The Kier molecular flexibility index (Phi) is 2.49. The number of fused-ring (bicyclic) bond motifs is 1. The molecule has 0 saturated carbocycles. The fourth-order valence-electron chi connectivity index (χ4n) is 1.77. The molecule has 2 heterocycles. The molecule has 1 N–H and O–H groups in total. The lowest BCUT2D eigenvalue weighted by Crippen LogP contribution is -2.24. The van der Waals surface area contributed by atoms with Crippen molar-refractivity contribution >= 4 is 22.9 Å². The minimum absolute atomic E-state index is 0.403. The largest absolute Gasteiger partial charge is 0.469 e. The van der Waals surface area contributed by atoms with Gasteiger partial charge in [-0.1, -0.05) is 42.5 Å². The van der Waals surface area contributed by atoms with Gasteiger partial charge in [-0.25, -0.2) is 4.98 Å². The summed E-state index contributed by atoms with van der Waals surface area (Å²) in [5.41, 5.74) is 3.01. The predicted molar refractivity (Wildman–Crippen MR) is 71.4 cm³/mol. The first-order chi connectivity index (χ1) is 8.33. The Balaban J connectivity index is 2.04. The van der Waals surface area contributed by atoms with Crippen molar-refractivity contribution in [2.24, 2.45) is 0 Å². The van der Waals surface area contributed by atoms with E-state index in [0.29, 0.717) is 17.5 Å². The van der Waals surface area contributed by atoms with Gasteiger partial charge >= 0.3 is 0 Å². The highest BCUT2D eigenvalue weighted by molar-refractivity contribution is 7.80. The third kappa shape index (κ3) is 1.99. The fourth-order valence-corrected chi connectivity index (χ4v) is 1.93. The molecule has 0 bridgehead atoms. The molecule has 0 amide bonds. The Morgan fingerprint density at radius 2 is 2.00 bits per heavy atom. The normalized spacial score (nSPS) is 13.5. The number of ether oxygens (including phenoxy) is 1. The predicted octanol–water partition coefficient (Wildman–Crippen LogP) is 2.88. The van der Waals surface area contributed by atoms with E-state index in [1.165, 1.54) is 0 Å². The van der Waals surface area contributed by atoms with Gasteiger partial charge in [-0.3, -0.25) is 0 Å². The molecule has 3 nitrogen and oxygen atoms in total. The van der Waals surface area contributed by atoms with Crippen LogP contribution in [-0.4, -0.2) is 16.6 Å². The van der Waals surface area contributed by atoms with Crippen LogP contribution in [0.2, 0.25) is 0 Å². The Morgan fingerprint density at radius 1 is 1.18 bits per heavy atom. The van der Waals surface area contributed by atoms with Crippen molar-refractivity contribution in [3.05, 3.63) is 42.6 Å². The molecule has 0 aliphatic carbocycles. The van der Waals surface area contributed by atoms with Crippen LogP contribution in [0.4, 0.5) is 5.69 Å². The summed E-state index contributed by atoms with van der Waals surface area (Å²) in [7, 11) is 0. The molecule has 1 aliphatic heterocycles. The summed E-state index contributed by atoms with van der Waals surface area (Å²) in [4.78, 5) is 4.97. The van der Waals surface area contributed by atoms with Gasteiger partial charge in [0.25, 0.3) is 0 Å². The van der Waals surface area contributed by atoms with Gasteiger partial charge in [0.1, 0.15) is 17.3 Å². The van der Waals surface area contributed by atoms with Crippen LogP contribution < -0.4 is 10.1 Å². The molecule has 0 fully saturated rings. The molecule has 0 saturated heterocycles. The van der Waals surface area contributed by atoms with Gasteiger partial charge in [0.05, 0.1) is 0 Å². The zero-order valence-corrected chi connectivity index (χ0v) is 9.83. The molecule has 0 radical (unpaired) electrons. The third-order valence-electron chi connectivity index (χ3n) is 2.57. The van der Waals surface area contributed by atoms with Gasteiger partial charge < -0.3 is 10.1 Å². The quantitative estimate of drug-likeness (QED) is 0.780. The summed E-state index contributed by atoms with van der Waals surface area (Å²) >= 11 is 5.08. The Hall–Kier alpha value is -1.94. The Bertz CT molecular complexity index is 569. The molecule has 1 aromatic carbocycles. The second-order valence-electron chi connectivity index (χ2n) is 3.78. The van der Waals surface area contributed by atoms with Gasteiger partial charge in [-0.15, -0.1) is 0 Å². The summed E-state index contributed by atoms with van der Waals surface area (Å²) in [6, 6.07) is 12.1. The van der Waals surface area contributed by atoms with Crippen LogP contribution in [0.15, 0.2) is 42.6 Å². The average Bonchev–Trinajstić information content (AvgIpc) is 2.39. The van der Waals surface area contributed by atoms with E-state index >= 15 is 0 Å². The van der Waals surface area contributed by atoms with Crippen molar-refractivity contribution in [1.82, 2.24) is 4.98 Å². The zero-order chi connectivity index (χ0) is 11.7. The van der Waals surface area contributed by atoms with Gasteiger partial charge in [-0.05, 0) is 11.6 Å². The molecule has 4 heteroatoms. The van der Waals surface area contributed by atoms with E-state index in [-0.39, 0.29) is 0 Å². The number of pyridine rings is 1. The monoisotopic (exact) mass is 242 g/mol. The van der Waals surface area contributed by atoms with Crippen LogP contribution in [0.5, 0.6) is 5.88 Å². The standard InChI is InChI=1S/C13H10N2OS/c17-12-8-16-13-11(15-12)6-10(7-14-13)9-4-2-1-3-5-9/h1-7H,8H2,(H,15,17). The topological polar surface area (TPSA) is 34.1 Å². The number of anilines is 1. The molecule has 0 spiro atoms. The maximum Gasteiger partial charge on any atom is 0.238 e. The van der Waals surface area contributed by atoms with Crippen molar-refractivity contribution < 1.29 is 4.74 Å². The summed E-state index contributed by atoms with van der Waals surface area (Å²) in [5.74, 6) is 0.610. The molecule has 84 valence electrons. The molecular weight excluding hydrogens is 232 g/mol. The van der Waals surface area contributed by atoms with Crippen LogP contribution in [-0.2, 0) is 0 Å². The molecule has 1 aliphatic rings. The van der Waals surface area contributed by atoms with Crippen molar-refractivity contribution in [2.75, 3.05) is 11.9 Å². The number of aromatic nitrogens is 1. The average molecular weight is 242 g/mol. The highest BCUT2D eigenvalue weighted by Crippen LogP contribution is 2.30. The van der Waals surface area contributed by atoms with E-state index in [2.05, 4.69) is 10.3 Å². The first kappa shape index (κ1) is 10.2. The summed E-state index contributed by atoms with van der Waals surface area (Å²) in [6.07, 6.45) is 1.81. The van der Waals surface area contributed by atoms with E-state index in [1.807, 2.05) is 42.6 Å². The summed E-state index contributed by atoms with van der Waals surface area (Å²) in [6.45, 7) is 0.403. The van der Waals surface area contributed by atoms with E-state index in [0.717, 1.165) is 16.8 Å². The summed E-state index contributed by atoms with van der Waals surface area (Å²) < 4.78 is 5.41. The van der Waals surface area contributed by atoms with Crippen LogP contribution >= 0.6 is 12.2 Å². The van der Waals surface area contributed by atoms with Crippen LogP contribution in [0.3, 0.4) is 0 Å². The van der Waals surface area contributed by atoms with E-state index in [9.17, 15) is 0 Å². The van der Waals surface area contributed by atoms with Crippen molar-refractivity contribution in [1.29, 1.82) is 0 Å². The van der Waals surface area contributed by atoms with Crippen LogP contribution in [0, 0.1) is 0 Å². The van der Waals surface area contributed by atoms with Gasteiger partial charge in [0, 0.05) is 11.8 Å². The lowest BCUT2D eigenvalue weighted by molar-refractivity contribution is 0.360. The highest BCUT2D eigenvalue weighted by atomic mass is 32.1. The van der Waals surface area contributed by atoms with Crippen LogP contribution in [0.1, 0.15) is 0 Å².